The van der Waals surface area contributed by atoms with E-state index in [1.807, 2.05) is 30.3 Å². The predicted octanol–water partition coefficient (Wildman–Crippen LogP) is 3.11. The van der Waals surface area contributed by atoms with Crippen LogP contribution >= 0.6 is 0 Å². The molecule has 0 bridgehead atoms. The number of allylic oxidation sites excluding steroid dienone is 1. The molecule has 7 heteroatoms. The summed E-state index contributed by atoms with van der Waals surface area (Å²) in [5.74, 6) is -0.416. The summed E-state index contributed by atoms with van der Waals surface area (Å²) in [5.41, 5.74) is 1.35. The molecule has 0 saturated carbocycles. The van der Waals surface area contributed by atoms with E-state index in [1.165, 1.54) is 18.4 Å². The van der Waals surface area contributed by atoms with Gasteiger partial charge in [-0.15, -0.1) is 0 Å². The molecule has 1 aromatic carbocycles. The van der Waals surface area contributed by atoms with Crippen LogP contribution in [-0.2, 0) is 14.3 Å². The summed E-state index contributed by atoms with van der Waals surface area (Å²) in [7, 11) is 0. The van der Waals surface area contributed by atoms with Gasteiger partial charge in [0.1, 0.15) is 5.75 Å². The van der Waals surface area contributed by atoms with E-state index in [-0.39, 0.29) is 6.42 Å². The second-order valence-corrected chi connectivity index (χ2v) is 6.59. The van der Waals surface area contributed by atoms with E-state index in [4.69, 9.17) is 9.47 Å². The number of para-hydroxylation sites is 1. The molecule has 0 saturated heterocycles. The largest absolute Gasteiger partial charge is 0.494 e. The van der Waals surface area contributed by atoms with E-state index in [2.05, 4.69) is 16.7 Å². The summed E-state index contributed by atoms with van der Waals surface area (Å²) in [6.45, 7) is 0.382. The minimum Gasteiger partial charge on any atom is -0.494 e. The van der Waals surface area contributed by atoms with E-state index in [0.717, 1.165) is 25.0 Å². The smallest absolute Gasteiger partial charge is 0.321 e. The third-order valence-corrected chi connectivity index (χ3v) is 4.27. The van der Waals surface area contributed by atoms with Gasteiger partial charge in [0, 0.05) is 13.0 Å². The molecule has 152 valence electrons. The Morgan fingerprint density at radius 2 is 1.89 bits per heavy atom. The number of ether oxygens (including phenoxy) is 2. The summed E-state index contributed by atoms with van der Waals surface area (Å²) >= 11 is 0. The summed E-state index contributed by atoms with van der Waals surface area (Å²) < 4.78 is 10.3. The molecule has 0 radical (unpaired) electrons. The number of rotatable bonds is 10. The molecule has 0 spiro atoms. The highest BCUT2D eigenvalue weighted by Crippen LogP contribution is 2.19. The molecule has 3 amide bonds. The van der Waals surface area contributed by atoms with Gasteiger partial charge in [0.15, 0.2) is 6.61 Å². The first-order valence-corrected chi connectivity index (χ1v) is 9.72. The molecule has 0 fully saturated rings. The Morgan fingerprint density at radius 1 is 1.07 bits per heavy atom. The van der Waals surface area contributed by atoms with Crippen LogP contribution in [0.4, 0.5) is 4.79 Å². The zero-order valence-corrected chi connectivity index (χ0v) is 16.1. The number of imide groups is 1. The summed E-state index contributed by atoms with van der Waals surface area (Å²) in [4.78, 5) is 34.9. The van der Waals surface area contributed by atoms with E-state index >= 15 is 0 Å². The Labute approximate surface area is 165 Å². The summed E-state index contributed by atoms with van der Waals surface area (Å²) in [6.07, 6.45) is 8.23. The molecule has 1 aromatic rings. The van der Waals surface area contributed by atoms with Crippen molar-refractivity contribution in [1.82, 2.24) is 10.6 Å². The maximum Gasteiger partial charge on any atom is 0.321 e. The van der Waals surface area contributed by atoms with E-state index in [0.29, 0.717) is 19.6 Å². The van der Waals surface area contributed by atoms with Crippen molar-refractivity contribution in [3.63, 3.8) is 0 Å². The second-order valence-electron chi connectivity index (χ2n) is 6.59. The van der Waals surface area contributed by atoms with Gasteiger partial charge in [0.2, 0.25) is 0 Å². The van der Waals surface area contributed by atoms with Gasteiger partial charge < -0.3 is 14.8 Å². The van der Waals surface area contributed by atoms with Crippen LogP contribution in [0.15, 0.2) is 42.0 Å². The van der Waals surface area contributed by atoms with Gasteiger partial charge in [0.25, 0.3) is 5.91 Å². The molecule has 0 heterocycles. The van der Waals surface area contributed by atoms with Gasteiger partial charge in [-0.1, -0.05) is 29.8 Å². The minimum absolute atomic E-state index is 0.140. The Hall–Kier alpha value is -2.83. The molecule has 2 rings (SSSR count). The number of hydrogen-bond acceptors (Lipinski definition) is 5. The Balaban J connectivity index is 1.49. The van der Waals surface area contributed by atoms with Crippen LogP contribution in [0.3, 0.4) is 0 Å². The third-order valence-electron chi connectivity index (χ3n) is 4.27. The Morgan fingerprint density at radius 3 is 2.64 bits per heavy atom. The minimum atomic E-state index is -0.650. The molecule has 0 unspecified atom stereocenters. The van der Waals surface area contributed by atoms with Crippen LogP contribution in [0.2, 0.25) is 0 Å². The first kappa shape index (κ1) is 21.5. The summed E-state index contributed by atoms with van der Waals surface area (Å²) in [6, 6.07) is 8.72. The fraction of sp³-hybridized carbons (Fsp3) is 0.476. The highest BCUT2D eigenvalue weighted by Gasteiger charge is 2.11. The van der Waals surface area contributed by atoms with Crippen LogP contribution in [0, 0.1) is 0 Å². The highest BCUT2D eigenvalue weighted by atomic mass is 16.5. The van der Waals surface area contributed by atoms with Crippen LogP contribution in [-0.4, -0.2) is 37.7 Å². The number of benzene rings is 1. The van der Waals surface area contributed by atoms with Crippen molar-refractivity contribution in [1.29, 1.82) is 0 Å². The number of hydrogen-bond donors (Lipinski definition) is 2. The quantitative estimate of drug-likeness (QED) is 0.365. The van der Waals surface area contributed by atoms with Gasteiger partial charge >= 0.3 is 12.0 Å². The summed E-state index contributed by atoms with van der Waals surface area (Å²) in [5, 5.41) is 4.79. The van der Waals surface area contributed by atoms with Crippen LogP contribution in [0.25, 0.3) is 0 Å². The van der Waals surface area contributed by atoms with Crippen molar-refractivity contribution in [2.24, 2.45) is 0 Å². The number of carbonyl (C=O) groups is 3. The van der Waals surface area contributed by atoms with Gasteiger partial charge in [-0.3, -0.25) is 14.9 Å². The normalized spacial score (nSPS) is 13.2. The Bertz CT molecular complexity index is 673. The molecule has 1 aliphatic rings. The van der Waals surface area contributed by atoms with Gasteiger partial charge in [-0.25, -0.2) is 4.79 Å². The monoisotopic (exact) mass is 388 g/mol. The van der Waals surface area contributed by atoms with E-state index < -0.39 is 24.5 Å². The molecule has 0 atom stereocenters. The molecule has 0 aliphatic heterocycles. The molecule has 28 heavy (non-hydrogen) atoms. The second kappa shape index (κ2) is 12.5. The topological polar surface area (TPSA) is 93.7 Å². The number of nitrogens with one attached hydrogen (secondary N) is 2. The van der Waals surface area contributed by atoms with E-state index in [1.54, 1.807) is 0 Å². The SMILES string of the molecule is O=C(COC(=O)CCCOc1ccccc1)NC(=O)NCCC1=CCCCC1. The zero-order valence-electron chi connectivity index (χ0n) is 16.1. The van der Waals surface area contributed by atoms with Crippen molar-refractivity contribution in [3.05, 3.63) is 42.0 Å². The average Bonchev–Trinajstić information content (AvgIpc) is 2.71. The maximum atomic E-state index is 11.7. The van der Waals surface area contributed by atoms with Crippen LogP contribution in [0.1, 0.15) is 44.9 Å². The fourth-order valence-corrected chi connectivity index (χ4v) is 2.82. The zero-order chi connectivity index (χ0) is 20.0. The maximum absolute atomic E-state index is 11.7. The van der Waals surface area contributed by atoms with Crippen molar-refractivity contribution < 1.29 is 23.9 Å². The Kier molecular flexibility index (Phi) is 9.61. The molecule has 0 aromatic heterocycles. The number of urea groups is 1. The van der Waals surface area contributed by atoms with Crippen LogP contribution in [0.5, 0.6) is 5.75 Å². The molecular weight excluding hydrogens is 360 g/mol. The predicted molar refractivity (Wildman–Crippen MR) is 105 cm³/mol. The lowest BCUT2D eigenvalue weighted by molar-refractivity contribution is -0.148. The number of esters is 1. The highest BCUT2D eigenvalue weighted by molar-refractivity contribution is 5.95. The molecule has 2 N–H and O–H groups in total. The first-order valence-electron chi connectivity index (χ1n) is 9.72. The lowest BCUT2D eigenvalue weighted by atomic mass is 9.97. The molecule has 1 aliphatic carbocycles. The van der Waals surface area contributed by atoms with Gasteiger partial charge in [0.05, 0.1) is 6.61 Å². The third kappa shape index (κ3) is 9.21. The van der Waals surface area contributed by atoms with Gasteiger partial charge in [-0.05, 0) is 50.7 Å². The van der Waals surface area contributed by atoms with Crippen molar-refractivity contribution in [2.45, 2.75) is 44.9 Å². The van der Waals surface area contributed by atoms with Crippen molar-refractivity contribution in [3.8, 4) is 5.75 Å². The number of carbonyl (C=O) groups excluding carboxylic acids is 3. The standard InChI is InChI=1S/C21H28N2O5/c24-19(23-21(26)22-14-13-17-8-3-1-4-9-17)16-28-20(25)12-7-15-27-18-10-5-2-6-11-18/h2,5-6,8,10-11H,1,3-4,7,9,12-16H2,(H2,22,23,24,26). The first-order chi connectivity index (χ1) is 13.6. The lowest BCUT2D eigenvalue weighted by Crippen LogP contribution is -2.41. The molecule has 7 nitrogen and oxygen atoms in total. The fourth-order valence-electron chi connectivity index (χ4n) is 2.82. The van der Waals surface area contributed by atoms with Crippen molar-refractivity contribution >= 4 is 17.9 Å². The van der Waals surface area contributed by atoms with Crippen molar-refractivity contribution in [2.75, 3.05) is 19.8 Å². The van der Waals surface area contributed by atoms with E-state index in [9.17, 15) is 14.4 Å². The molecular formula is C21H28N2O5. The van der Waals surface area contributed by atoms with Gasteiger partial charge in [-0.2, -0.15) is 0 Å². The number of amides is 3. The average molecular weight is 388 g/mol. The lowest BCUT2D eigenvalue weighted by Gasteiger charge is -2.13. The van der Waals surface area contributed by atoms with Crippen LogP contribution < -0.4 is 15.4 Å².